The lowest BCUT2D eigenvalue weighted by Crippen LogP contribution is -2.47. The fourth-order valence-corrected chi connectivity index (χ4v) is 5.38. The van der Waals surface area contributed by atoms with E-state index >= 15 is 0 Å². The monoisotopic (exact) mass is 506 g/mol. The number of nitrogens with two attached hydrogens (primary N) is 1. The van der Waals surface area contributed by atoms with Crippen molar-refractivity contribution in [1.29, 1.82) is 0 Å². The summed E-state index contributed by atoms with van der Waals surface area (Å²) in [7, 11) is 0. The standard InChI is InChI=1S/C26H42N4O6/c1-4-6-11-29(13-10-27)24(32)16-30-15-20(19-7-8-22-23(14-19)36-17-35-22)25(26(33)34)21(30)9-12-28(5-2)18(3)31/h7-8,14,18,20-21,25,31H,4-6,9-13,15-17,27H2,1-3H3,(H,33,34)/t18?,20-,21+,25-/m1/s1. The molecule has 2 aliphatic rings. The van der Waals surface area contributed by atoms with Crippen molar-refractivity contribution in [2.45, 2.75) is 58.2 Å². The highest BCUT2D eigenvalue weighted by molar-refractivity contribution is 5.79. The van der Waals surface area contributed by atoms with Crippen LogP contribution in [0.3, 0.4) is 0 Å². The topological polar surface area (TPSA) is 129 Å². The number of carbonyl (C=O) groups is 2. The lowest BCUT2D eigenvalue weighted by atomic mass is 9.84. The minimum absolute atomic E-state index is 0.0303. The van der Waals surface area contributed by atoms with Crippen LogP contribution < -0.4 is 15.2 Å². The molecule has 0 bridgehead atoms. The van der Waals surface area contributed by atoms with Gasteiger partial charge in [0.2, 0.25) is 12.7 Å². The van der Waals surface area contributed by atoms with Crippen molar-refractivity contribution in [1.82, 2.24) is 14.7 Å². The zero-order chi connectivity index (χ0) is 26.2. The first-order chi connectivity index (χ1) is 17.3. The molecule has 1 saturated heterocycles. The number of likely N-dealkylation sites (tertiary alicyclic amines) is 1. The molecule has 1 amide bonds. The van der Waals surface area contributed by atoms with Gasteiger partial charge in [-0.2, -0.15) is 0 Å². The number of hydrogen-bond donors (Lipinski definition) is 3. The summed E-state index contributed by atoms with van der Waals surface area (Å²) in [6, 6.07) is 5.22. The van der Waals surface area contributed by atoms with Gasteiger partial charge in [-0.05, 0) is 44.0 Å². The Morgan fingerprint density at radius 3 is 2.58 bits per heavy atom. The number of aliphatic hydroxyl groups excluding tert-OH is 1. The number of amides is 1. The van der Waals surface area contributed by atoms with Crippen molar-refractivity contribution in [3.05, 3.63) is 23.8 Å². The molecule has 1 unspecified atom stereocenters. The van der Waals surface area contributed by atoms with Crippen molar-refractivity contribution < 1.29 is 29.3 Å². The maximum absolute atomic E-state index is 13.3. The van der Waals surface area contributed by atoms with E-state index in [4.69, 9.17) is 15.2 Å². The van der Waals surface area contributed by atoms with Crippen LogP contribution >= 0.6 is 0 Å². The number of aliphatic carboxylic acids is 1. The van der Waals surface area contributed by atoms with Gasteiger partial charge in [0.25, 0.3) is 0 Å². The lowest BCUT2D eigenvalue weighted by molar-refractivity contribution is -0.144. The van der Waals surface area contributed by atoms with Crippen molar-refractivity contribution in [2.75, 3.05) is 52.6 Å². The minimum atomic E-state index is -0.887. The number of rotatable bonds is 14. The van der Waals surface area contributed by atoms with Crippen molar-refractivity contribution in [3.8, 4) is 11.5 Å². The van der Waals surface area contributed by atoms with E-state index in [1.807, 2.05) is 34.9 Å². The van der Waals surface area contributed by atoms with Crippen LogP contribution in [-0.4, -0.2) is 102 Å². The Hall–Kier alpha value is -2.40. The fraction of sp³-hybridized carbons (Fsp3) is 0.692. The second-order valence-corrected chi connectivity index (χ2v) is 9.65. The van der Waals surface area contributed by atoms with Gasteiger partial charge in [-0.15, -0.1) is 0 Å². The first-order valence-corrected chi connectivity index (χ1v) is 13.1. The summed E-state index contributed by atoms with van der Waals surface area (Å²) in [5.41, 5.74) is 6.63. The smallest absolute Gasteiger partial charge is 0.308 e. The van der Waals surface area contributed by atoms with Gasteiger partial charge in [-0.1, -0.05) is 26.3 Å². The Labute approximate surface area is 213 Å². The Morgan fingerprint density at radius 1 is 1.19 bits per heavy atom. The number of unbranched alkanes of at least 4 members (excludes halogenated alkanes) is 1. The normalized spacial score (nSPS) is 22.2. The molecule has 4 atom stereocenters. The van der Waals surface area contributed by atoms with E-state index in [1.54, 1.807) is 11.8 Å². The summed E-state index contributed by atoms with van der Waals surface area (Å²) < 4.78 is 11.0. The van der Waals surface area contributed by atoms with Crippen molar-refractivity contribution in [3.63, 3.8) is 0 Å². The molecular weight excluding hydrogens is 464 g/mol. The number of hydrogen-bond acceptors (Lipinski definition) is 8. The molecule has 0 radical (unpaired) electrons. The first-order valence-electron chi connectivity index (χ1n) is 13.1. The second-order valence-electron chi connectivity index (χ2n) is 9.65. The average molecular weight is 507 g/mol. The number of aliphatic hydroxyl groups is 1. The van der Waals surface area contributed by atoms with Crippen LogP contribution in [-0.2, 0) is 9.59 Å². The molecule has 0 aromatic heterocycles. The largest absolute Gasteiger partial charge is 0.481 e. The van der Waals surface area contributed by atoms with Gasteiger partial charge in [0, 0.05) is 44.7 Å². The zero-order valence-electron chi connectivity index (χ0n) is 21.8. The average Bonchev–Trinajstić information content (AvgIpc) is 3.46. The van der Waals surface area contributed by atoms with Gasteiger partial charge in [0.05, 0.1) is 12.5 Å². The summed E-state index contributed by atoms with van der Waals surface area (Å²) in [5.74, 6) is -0.669. The number of fused-ring (bicyclic) bond motifs is 1. The number of carboxylic acid groups (broad SMARTS) is 1. The third-order valence-corrected chi connectivity index (χ3v) is 7.38. The molecule has 1 aromatic carbocycles. The van der Waals surface area contributed by atoms with Gasteiger partial charge in [-0.25, -0.2) is 0 Å². The molecule has 0 spiro atoms. The predicted molar refractivity (Wildman–Crippen MR) is 136 cm³/mol. The molecule has 202 valence electrons. The van der Waals surface area contributed by atoms with Gasteiger partial charge in [0.15, 0.2) is 11.5 Å². The Balaban J connectivity index is 1.87. The Kier molecular flexibility index (Phi) is 10.4. The molecule has 0 saturated carbocycles. The van der Waals surface area contributed by atoms with Crippen LogP contribution in [0.15, 0.2) is 18.2 Å². The first kappa shape index (κ1) is 28.2. The van der Waals surface area contributed by atoms with E-state index < -0.39 is 18.1 Å². The summed E-state index contributed by atoms with van der Waals surface area (Å²) in [4.78, 5) is 31.6. The Morgan fingerprint density at radius 2 is 1.94 bits per heavy atom. The third-order valence-electron chi connectivity index (χ3n) is 7.38. The van der Waals surface area contributed by atoms with Crippen LogP contribution in [0, 0.1) is 5.92 Å². The highest BCUT2D eigenvalue weighted by Crippen LogP contribution is 2.42. The SMILES string of the molecule is CCCCN(CCN)C(=O)CN1C[C@H](c2ccc3c(c2)OCO3)[C@@H](C(=O)O)[C@@H]1CCN(CC)C(C)O. The molecule has 0 aliphatic carbocycles. The maximum Gasteiger partial charge on any atom is 0.308 e. The number of ether oxygens (including phenoxy) is 2. The predicted octanol–water partition coefficient (Wildman–Crippen LogP) is 1.52. The molecule has 1 fully saturated rings. The maximum atomic E-state index is 13.3. The van der Waals surface area contributed by atoms with E-state index in [-0.39, 0.29) is 31.2 Å². The van der Waals surface area contributed by atoms with Crippen LogP contribution in [0.5, 0.6) is 11.5 Å². The number of carbonyl (C=O) groups excluding carboxylic acids is 1. The third kappa shape index (κ3) is 6.67. The van der Waals surface area contributed by atoms with Crippen LogP contribution in [0.25, 0.3) is 0 Å². The van der Waals surface area contributed by atoms with Crippen LogP contribution in [0.4, 0.5) is 0 Å². The summed E-state index contributed by atoms with van der Waals surface area (Å²) in [6.45, 7) is 9.17. The summed E-state index contributed by atoms with van der Waals surface area (Å²) in [5, 5.41) is 20.4. The van der Waals surface area contributed by atoms with Gasteiger partial charge >= 0.3 is 5.97 Å². The molecule has 10 heteroatoms. The Bertz CT molecular complexity index is 882. The summed E-state index contributed by atoms with van der Waals surface area (Å²) >= 11 is 0. The molecular formula is C26H42N4O6. The quantitative estimate of drug-likeness (QED) is 0.322. The molecule has 4 N–H and O–H groups in total. The summed E-state index contributed by atoms with van der Waals surface area (Å²) in [6.07, 6.45) is 1.76. The molecule has 1 aromatic rings. The molecule has 3 rings (SSSR count). The highest BCUT2D eigenvalue weighted by atomic mass is 16.7. The van der Waals surface area contributed by atoms with E-state index in [0.29, 0.717) is 57.2 Å². The van der Waals surface area contributed by atoms with Crippen molar-refractivity contribution in [2.24, 2.45) is 11.7 Å². The zero-order valence-corrected chi connectivity index (χ0v) is 21.8. The number of nitrogens with zero attached hydrogens (tertiary/aromatic N) is 3. The fourth-order valence-electron chi connectivity index (χ4n) is 5.38. The number of benzene rings is 1. The van der Waals surface area contributed by atoms with Gasteiger partial charge in [-0.3, -0.25) is 19.4 Å². The van der Waals surface area contributed by atoms with Gasteiger partial charge < -0.3 is 30.3 Å². The highest BCUT2D eigenvalue weighted by Gasteiger charge is 2.47. The second kappa shape index (κ2) is 13.2. The number of carboxylic acids is 1. The van der Waals surface area contributed by atoms with E-state index in [0.717, 1.165) is 18.4 Å². The van der Waals surface area contributed by atoms with Crippen LogP contribution in [0.1, 0.15) is 51.5 Å². The van der Waals surface area contributed by atoms with E-state index in [2.05, 4.69) is 6.92 Å². The molecule has 36 heavy (non-hydrogen) atoms. The molecule has 2 aliphatic heterocycles. The van der Waals surface area contributed by atoms with Crippen molar-refractivity contribution >= 4 is 11.9 Å². The molecule has 2 heterocycles. The van der Waals surface area contributed by atoms with Crippen LogP contribution in [0.2, 0.25) is 0 Å². The van der Waals surface area contributed by atoms with E-state index in [1.165, 1.54) is 0 Å². The lowest BCUT2D eigenvalue weighted by Gasteiger charge is -2.32. The molecule has 10 nitrogen and oxygen atoms in total. The van der Waals surface area contributed by atoms with Gasteiger partial charge in [0.1, 0.15) is 6.23 Å². The minimum Gasteiger partial charge on any atom is -0.481 e. The van der Waals surface area contributed by atoms with E-state index in [9.17, 15) is 19.8 Å².